The number of unbranched alkanes of at least 4 members (excludes halogenated alkanes) is 13. The van der Waals surface area contributed by atoms with Crippen LogP contribution in [0, 0.1) is 0 Å². The molecular weight excluding hydrogens is 489 g/mol. The number of rotatable bonds is 30. The van der Waals surface area contributed by atoms with Crippen molar-refractivity contribution < 1.29 is 4.79 Å². The van der Waals surface area contributed by atoms with Crippen molar-refractivity contribution in [2.75, 3.05) is 51.3 Å². The van der Waals surface area contributed by atoms with E-state index in [4.69, 9.17) is 0 Å². The van der Waals surface area contributed by atoms with E-state index < -0.39 is 0 Å². The fourth-order valence-electron chi connectivity index (χ4n) is 4.28. The van der Waals surface area contributed by atoms with E-state index in [0.717, 1.165) is 25.9 Å². The molecule has 0 unspecified atom stereocenters. The zero-order chi connectivity index (χ0) is 25.7. The van der Waals surface area contributed by atoms with Crippen molar-refractivity contribution in [1.29, 1.82) is 0 Å². The predicted octanol–water partition coefficient (Wildman–Crippen LogP) is 9.51. The molecule has 0 aliphatic rings. The fourth-order valence-corrected chi connectivity index (χ4v) is 8.28. The summed E-state index contributed by atoms with van der Waals surface area (Å²) in [5, 5.41) is 0. The first kappa shape index (κ1) is 35.6. The Balaban J connectivity index is 3.44. The Kier molecular flexibility index (Phi) is 31.4. The van der Waals surface area contributed by atoms with Crippen LogP contribution >= 0.6 is 31.4 Å². The standard InChI is InChI=1S/C29H60N2OS3/c1-4-6-8-9-10-11-12-13-14-15-16-18-28-33-35-34-29-19-17-24-31(26-21-27-32)25-20-23-30(3)22-7-5-2/h27H,4-26,28-29H2,1-3H3. The van der Waals surface area contributed by atoms with Gasteiger partial charge in [0.1, 0.15) is 6.29 Å². The molecule has 0 amide bonds. The van der Waals surface area contributed by atoms with Crippen molar-refractivity contribution in [3.8, 4) is 0 Å². The Hall–Kier alpha value is 0.640. The van der Waals surface area contributed by atoms with Crippen molar-refractivity contribution in [1.82, 2.24) is 9.80 Å². The highest BCUT2D eigenvalue weighted by Gasteiger charge is 2.06. The van der Waals surface area contributed by atoms with Crippen molar-refractivity contribution in [3.63, 3.8) is 0 Å². The molecular formula is C29H60N2OS3. The van der Waals surface area contributed by atoms with Crippen molar-refractivity contribution in [3.05, 3.63) is 0 Å². The minimum atomic E-state index is 0.673. The van der Waals surface area contributed by atoms with Crippen LogP contribution in [-0.2, 0) is 4.79 Å². The van der Waals surface area contributed by atoms with Gasteiger partial charge in [0.15, 0.2) is 0 Å². The lowest BCUT2D eigenvalue weighted by Gasteiger charge is -2.23. The summed E-state index contributed by atoms with van der Waals surface area (Å²) in [6, 6.07) is 0. The molecule has 210 valence electrons. The summed E-state index contributed by atoms with van der Waals surface area (Å²) in [6.07, 6.45) is 25.2. The van der Waals surface area contributed by atoms with Gasteiger partial charge in [0.2, 0.25) is 0 Å². The van der Waals surface area contributed by atoms with Crippen LogP contribution in [0.1, 0.15) is 129 Å². The van der Waals surface area contributed by atoms with Crippen molar-refractivity contribution >= 4 is 37.7 Å². The highest BCUT2D eigenvalue weighted by atomic mass is 33.5. The molecule has 0 radical (unpaired) electrons. The number of carbonyl (C=O) groups excluding carboxylic acids is 1. The minimum Gasteiger partial charge on any atom is -0.306 e. The average Bonchev–Trinajstić information content (AvgIpc) is 2.86. The van der Waals surface area contributed by atoms with Gasteiger partial charge in [-0.05, 0) is 75.2 Å². The van der Waals surface area contributed by atoms with E-state index in [1.54, 1.807) is 0 Å². The Morgan fingerprint density at radius 3 is 1.60 bits per heavy atom. The van der Waals surface area contributed by atoms with Crippen LogP contribution in [-0.4, -0.2) is 67.4 Å². The Morgan fingerprint density at radius 2 is 1.03 bits per heavy atom. The number of hydrogen-bond donors (Lipinski definition) is 0. The van der Waals surface area contributed by atoms with E-state index in [9.17, 15) is 4.79 Å². The predicted molar refractivity (Wildman–Crippen MR) is 167 cm³/mol. The molecule has 6 heteroatoms. The molecule has 0 aromatic carbocycles. The van der Waals surface area contributed by atoms with E-state index in [0.29, 0.717) is 6.42 Å². The lowest BCUT2D eigenvalue weighted by molar-refractivity contribution is -0.108. The van der Waals surface area contributed by atoms with E-state index in [1.807, 2.05) is 20.6 Å². The maximum absolute atomic E-state index is 10.8. The second kappa shape index (κ2) is 30.9. The third kappa shape index (κ3) is 29.1. The average molecular weight is 549 g/mol. The summed E-state index contributed by atoms with van der Waals surface area (Å²) in [4.78, 5) is 15.8. The maximum Gasteiger partial charge on any atom is 0.121 e. The first-order valence-electron chi connectivity index (χ1n) is 15.0. The number of carbonyl (C=O) groups is 1. The van der Waals surface area contributed by atoms with Gasteiger partial charge in [0, 0.05) is 24.5 Å². The highest BCUT2D eigenvalue weighted by Crippen LogP contribution is 2.35. The Morgan fingerprint density at radius 1 is 0.543 bits per heavy atom. The van der Waals surface area contributed by atoms with E-state index in [1.165, 1.54) is 134 Å². The molecule has 0 heterocycles. The minimum absolute atomic E-state index is 0.673. The molecule has 0 bridgehead atoms. The van der Waals surface area contributed by atoms with Crippen LogP contribution in [0.2, 0.25) is 0 Å². The highest BCUT2D eigenvalue weighted by molar-refractivity contribution is 9.09. The summed E-state index contributed by atoms with van der Waals surface area (Å²) in [5.41, 5.74) is 0. The zero-order valence-corrected chi connectivity index (χ0v) is 26.2. The molecule has 0 aromatic heterocycles. The smallest absolute Gasteiger partial charge is 0.121 e. The van der Waals surface area contributed by atoms with Crippen LogP contribution in [0.3, 0.4) is 0 Å². The van der Waals surface area contributed by atoms with Gasteiger partial charge in [-0.25, -0.2) is 0 Å². The van der Waals surface area contributed by atoms with E-state index in [-0.39, 0.29) is 0 Å². The molecule has 35 heavy (non-hydrogen) atoms. The van der Waals surface area contributed by atoms with Gasteiger partial charge in [-0.2, -0.15) is 0 Å². The molecule has 0 N–H and O–H groups in total. The van der Waals surface area contributed by atoms with Crippen LogP contribution in [0.4, 0.5) is 0 Å². The summed E-state index contributed by atoms with van der Waals surface area (Å²) in [7, 11) is 8.32. The topological polar surface area (TPSA) is 23.6 Å². The Bertz CT molecular complexity index is 415. The van der Waals surface area contributed by atoms with Crippen molar-refractivity contribution in [2.24, 2.45) is 0 Å². The van der Waals surface area contributed by atoms with Crippen LogP contribution in [0.5, 0.6) is 0 Å². The van der Waals surface area contributed by atoms with Gasteiger partial charge in [-0.15, -0.1) is 0 Å². The third-order valence-corrected chi connectivity index (χ3v) is 11.0. The van der Waals surface area contributed by atoms with E-state index >= 15 is 0 Å². The van der Waals surface area contributed by atoms with Gasteiger partial charge < -0.3 is 14.6 Å². The molecule has 0 aliphatic carbocycles. The molecule has 0 spiro atoms. The monoisotopic (exact) mass is 548 g/mol. The first-order chi connectivity index (χ1) is 17.2. The Labute approximate surface area is 232 Å². The summed E-state index contributed by atoms with van der Waals surface area (Å²) in [6.45, 7) is 10.1. The van der Waals surface area contributed by atoms with Crippen molar-refractivity contribution in [2.45, 2.75) is 129 Å². The fraction of sp³-hybridized carbons (Fsp3) is 0.966. The number of aldehydes is 1. The summed E-state index contributed by atoms with van der Waals surface area (Å²) < 4.78 is 0. The van der Waals surface area contributed by atoms with Gasteiger partial charge in [0.05, 0.1) is 0 Å². The van der Waals surface area contributed by atoms with Gasteiger partial charge in [0.25, 0.3) is 0 Å². The molecule has 0 saturated heterocycles. The molecule has 0 fully saturated rings. The lowest BCUT2D eigenvalue weighted by Crippen LogP contribution is -2.30. The molecule has 0 rings (SSSR count). The molecule has 3 nitrogen and oxygen atoms in total. The first-order valence-corrected chi connectivity index (χ1v) is 18.8. The molecule has 0 aromatic rings. The maximum atomic E-state index is 10.8. The van der Waals surface area contributed by atoms with Gasteiger partial charge >= 0.3 is 0 Å². The van der Waals surface area contributed by atoms with Crippen LogP contribution < -0.4 is 0 Å². The van der Waals surface area contributed by atoms with Crippen LogP contribution in [0.25, 0.3) is 0 Å². The third-order valence-electron chi connectivity index (χ3n) is 6.60. The second-order valence-electron chi connectivity index (χ2n) is 10.1. The normalized spacial score (nSPS) is 11.7. The molecule has 0 saturated carbocycles. The summed E-state index contributed by atoms with van der Waals surface area (Å²) >= 11 is 0. The number of hydrogen-bond acceptors (Lipinski definition) is 6. The molecule has 0 atom stereocenters. The largest absolute Gasteiger partial charge is 0.306 e. The van der Waals surface area contributed by atoms with Gasteiger partial charge in [-0.1, -0.05) is 112 Å². The van der Waals surface area contributed by atoms with Gasteiger partial charge in [-0.3, -0.25) is 0 Å². The van der Waals surface area contributed by atoms with Crippen LogP contribution in [0.15, 0.2) is 0 Å². The second-order valence-corrected chi connectivity index (χ2v) is 14.6. The SMILES string of the molecule is CCCCCCCCCCCCCCSSSCCCCN(CCC=O)CCCN(C)CCCC. The zero-order valence-electron chi connectivity index (χ0n) is 23.8. The summed E-state index contributed by atoms with van der Waals surface area (Å²) in [5.74, 6) is 2.55. The quantitative estimate of drug-likeness (QED) is 0.0503. The van der Waals surface area contributed by atoms with E-state index in [2.05, 4.69) is 41.5 Å². The molecule has 0 aliphatic heterocycles. The number of nitrogens with zero attached hydrogens (tertiary/aromatic N) is 2. The lowest BCUT2D eigenvalue weighted by atomic mass is 10.1.